The molecule has 0 bridgehead atoms. The van der Waals surface area contributed by atoms with E-state index in [-0.39, 0.29) is 18.1 Å². The number of ether oxygens (including phenoxy) is 1. The van der Waals surface area contributed by atoms with E-state index < -0.39 is 0 Å². The van der Waals surface area contributed by atoms with E-state index in [0.29, 0.717) is 18.5 Å². The topological polar surface area (TPSA) is 70.7 Å². The number of carbonyl (C=O) groups is 2. The van der Waals surface area contributed by atoms with Crippen molar-refractivity contribution in [2.24, 2.45) is 5.92 Å². The summed E-state index contributed by atoms with van der Waals surface area (Å²) in [5.41, 5.74) is 2.54. The van der Waals surface area contributed by atoms with Crippen molar-refractivity contribution in [2.75, 3.05) is 31.1 Å². The molecule has 1 aromatic rings. The van der Waals surface area contributed by atoms with Crippen LogP contribution in [0.1, 0.15) is 18.9 Å². The lowest BCUT2D eigenvalue weighted by Gasteiger charge is -2.16. The van der Waals surface area contributed by atoms with E-state index in [0.717, 1.165) is 24.7 Å². The predicted octanol–water partition coefficient (Wildman–Crippen LogP) is 1.01. The Hall–Kier alpha value is -2.08. The van der Waals surface area contributed by atoms with Crippen molar-refractivity contribution in [1.29, 1.82) is 0 Å². The number of hydrogen-bond acceptors (Lipinski definition) is 4. The highest BCUT2D eigenvalue weighted by Crippen LogP contribution is 2.56. The smallest absolute Gasteiger partial charge is 0.414 e. The largest absolute Gasteiger partial charge is 0.442 e. The van der Waals surface area contributed by atoms with E-state index in [1.54, 1.807) is 4.90 Å². The second-order valence-electron chi connectivity index (χ2n) is 6.79. The van der Waals surface area contributed by atoms with Crippen molar-refractivity contribution in [3.8, 4) is 0 Å². The lowest BCUT2D eigenvalue weighted by molar-refractivity contribution is -0.119. The number of carbonyl (C=O) groups excluding carboxylic acids is 2. The molecule has 122 valence electrons. The SMILES string of the molecule is CC(=O)NCC1CN(c2ccc([C@]34CNC[C@H]3C4)cc2)C(=O)O1. The molecule has 2 N–H and O–H groups in total. The van der Waals surface area contributed by atoms with Gasteiger partial charge in [0.1, 0.15) is 6.10 Å². The minimum atomic E-state index is -0.349. The molecule has 2 saturated heterocycles. The second kappa shape index (κ2) is 5.23. The zero-order valence-electron chi connectivity index (χ0n) is 13.2. The average Bonchev–Trinajstić information content (AvgIpc) is 2.90. The molecule has 1 aliphatic carbocycles. The first-order valence-corrected chi connectivity index (χ1v) is 8.12. The summed E-state index contributed by atoms with van der Waals surface area (Å²) in [6.45, 7) is 4.45. The average molecular weight is 315 g/mol. The Bertz CT molecular complexity index is 645. The van der Waals surface area contributed by atoms with Crippen LogP contribution in [0.2, 0.25) is 0 Å². The molecule has 2 amide bonds. The number of benzene rings is 1. The first kappa shape index (κ1) is 14.5. The lowest BCUT2D eigenvalue weighted by Crippen LogP contribution is -2.33. The maximum absolute atomic E-state index is 12.0. The first-order chi connectivity index (χ1) is 11.1. The molecule has 3 atom stereocenters. The van der Waals surface area contributed by atoms with Gasteiger partial charge in [-0.2, -0.15) is 0 Å². The molecule has 6 nitrogen and oxygen atoms in total. The van der Waals surface area contributed by atoms with Crippen LogP contribution < -0.4 is 15.5 Å². The summed E-state index contributed by atoms with van der Waals surface area (Å²) in [4.78, 5) is 24.6. The highest BCUT2D eigenvalue weighted by Gasteiger charge is 2.57. The number of nitrogens with one attached hydrogen (secondary N) is 2. The molecular weight excluding hydrogens is 294 g/mol. The van der Waals surface area contributed by atoms with Crippen molar-refractivity contribution in [2.45, 2.75) is 24.9 Å². The Morgan fingerprint density at radius 2 is 2.22 bits per heavy atom. The van der Waals surface area contributed by atoms with Gasteiger partial charge < -0.3 is 15.4 Å². The highest BCUT2D eigenvalue weighted by atomic mass is 16.6. The summed E-state index contributed by atoms with van der Waals surface area (Å²) in [6, 6.07) is 8.27. The Morgan fingerprint density at radius 3 is 2.83 bits per heavy atom. The van der Waals surface area contributed by atoms with Crippen LogP contribution in [0.3, 0.4) is 0 Å². The number of fused-ring (bicyclic) bond motifs is 1. The molecule has 3 aliphatic rings. The van der Waals surface area contributed by atoms with Crippen LogP contribution >= 0.6 is 0 Å². The van der Waals surface area contributed by atoms with Gasteiger partial charge in [-0.15, -0.1) is 0 Å². The van der Waals surface area contributed by atoms with Gasteiger partial charge in [0.15, 0.2) is 0 Å². The van der Waals surface area contributed by atoms with Gasteiger partial charge >= 0.3 is 6.09 Å². The van der Waals surface area contributed by atoms with E-state index in [4.69, 9.17) is 4.74 Å². The number of hydrogen-bond donors (Lipinski definition) is 2. The molecule has 2 aliphatic heterocycles. The molecule has 0 aromatic heterocycles. The van der Waals surface area contributed by atoms with Gasteiger partial charge in [0.2, 0.25) is 5.91 Å². The van der Waals surface area contributed by atoms with Crippen LogP contribution in [0.25, 0.3) is 0 Å². The van der Waals surface area contributed by atoms with Gasteiger partial charge in [0.25, 0.3) is 0 Å². The van der Waals surface area contributed by atoms with Crippen LogP contribution in [0.4, 0.5) is 10.5 Å². The predicted molar refractivity (Wildman–Crippen MR) is 85.4 cm³/mol. The fourth-order valence-corrected chi connectivity index (χ4v) is 3.86. The summed E-state index contributed by atoms with van der Waals surface area (Å²) in [5, 5.41) is 6.13. The van der Waals surface area contributed by atoms with Crippen LogP contribution in [0, 0.1) is 5.92 Å². The summed E-state index contributed by atoms with van der Waals surface area (Å²) < 4.78 is 5.30. The zero-order chi connectivity index (χ0) is 16.0. The number of rotatable bonds is 4. The summed E-state index contributed by atoms with van der Waals surface area (Å²) in [6.07, 6.45) is 0.624. The first-order valence-electron chi connectivity index (χ1n) is 8.12. The van der Waals surface area contributed by atoms with Crippen molar-refractivity contribution in [1.82, 2.24) is 10.6 Å². The van der Waals surface area contributed by atoms with Crippen LogP contribution in [-0.2, 0) is 14.9 Å². The Balaban J connectivity index is 1.44. The van der Waals surface area contributed by atoms with Gasteiger partial charge in [0.05, 0.1) is 13.1 Å². The molecule has 23 heavy (non-hydrogen) atoms. The molecule has 4 rings (SSSR count). The Kier molecular flexibility index (Phi) is 3.30. The van der Waals surface area contributed by atoms with Crippen LogP contribution in [0.5, 0.6) is 0 Å². The number of nitrogens with zero attached hydrogens (tertiary/aromatic N) is 1. The van der Waals surface area contributed by atoms with Crippen molar-refractivity contribution < 1.29 is 14.3 Å². The van der Waals surface area contributed by atoms with Crippen LogP contribution in [0.15, 0.2) is 24.3 Å². The number of piperidine rings is 1. The zero-order valence-corrected chi connectivity index (χ0v) is 13.2. The third-order valence-electron chi connectivity index (χ3n) is 5.27. The van der Waals surface area contributed by atoms with Crippen molar-refractivity contribution >= 4 is 17.7 Å². The second-order valence-corrected chi connectivity index (χ2v) is 6.79. The fourth-order valence-electron chi connectivity index (χ4n) is 3.86. The Labute approximate surface area is 135 Å². The third-order valence-corrected chi connectivity index (χ3v) is 5.27. The van der Waals surface area contributed by atoms with Gasteiger partial charge in [0, 0.05) is 24.6 Å². The molecule has 0 spiro atoms. The quantitative estimate of drug-likeness (QED) is 0.870. The van der Waals surface area contributed by atoms with Gasteiger partial charge in [-0.05, 0) is 36.6 Å². The molecular formula is C17H21N3O3. The van der Waals surface area contributed by atoms with E-state index in [1.165, 1.54) is 18.9 Å². The molecule has 1 unspecified atom stereocenters. The maximum atomic E-state index is 12.0. The molecule has 1 aromatic carbocycles. The summed E-state index contributed by atoms with van der Waals surface area (Å²) in [5.74, 6) is 0.652. The van der Waals surface area contributed by atoms with Gasteiger partial charge in [-0.1, -0.05) is 12.1 Å². The number of cyclic esters (lactones) is 1. The third kappa shape index (κ3) is 2.47. The Morgan fingerprint density at radius 1 is 1.43 bits per heavy atom. The van der Waals surface area contributed by atoms with E-state index in [9.17, 15) is 9.59 Å². The number of anilines is 1. The van der Waals surface area contributed by atoms with Gasteiger partial charge in [-0.25, -0.2) is 4.79 Å². The lowest BCUT2D eigenvalue weighted by atomic mass is 9.95. The molecule has 0 radical (unpaired) electrons. The van der Waals surface area contributed by atoms with Crippen LogP contribution in [-0.4, -0.2) is 44.3 Å². The van der Waals surface area contributed by atoms with E-state index in [2.05, 4.69) is 22.8 Å². The molecule has 6 heteroatoms. The normalized spacial score (nSPS) is 31.7. The standard InChI is InChI=1S/C17H21N3O3/c1-11(21)19-8-15-9-20(16(22)23-15)14-4-2-12(3-5-14)17-6-13(17)7-18-10-17/h2-5,13,15,18H,6-10H2,1H3,(H,19,21)/t13-,15?,17+/m1/s1. The summed E-state index contributed by atoms with van der Waals surface area (Å²) in [7, 11) is 0. The highest BCUT2D eigenvalue weighted by molar-refractivity contribution is 5.89. The molecule has 2 heterocycles. The molecule has 3 fully saturated rings. The minimum Gasteiger partial charge on any atom is -0.442 e. The van der Waals surface area contributed by atoms with Crippen molar-refractivity contribution in [3.63, 3.8) is 0 Å². The van der Waals surface area contributed by atoms with E-state index >= 15 is 0 Å². The minimum absolute atomic E-state index is 0.118. The number of amides is 2. The summed E-state index contributed by atoms with van der Waals surface area (Å²) >= 11 is 0. The van der Waals surface area contributed by atoms with Crippen molar-refractivity contribution in [3.05, 3.63) is 29.8 Å². The molecule has 1 saturated carbocycles. The van der Waals surface area contributed by atoms with Gasteiger partial charge in [-0.3, -0.25) is 9.69 Å². The monoisotopic (exact) mass is 315 g/mol. The van der Waals surface area contributed by atoms with E-state index in [1.807, 2.05) is 12.1 Å². The maximum Gasteiger partial charge on any atom is 0.414 e. The fraction of sp³-hybridized carbons (Fsp3) is 0.529.